The molecule has 1 unspecified atom stereocenters. The second-order valence-corrected chi connectivity index (χ2v) is 8.24. The van der Waals surface area contributed by atoms with Gasteiger partial charge in [-0.25, -0.2) is 0 Å². The molecule has 2 aliphatic rings. The predicted molar refractivity (Wildman–Crippen MR) is 113 cm³/mol. The van der Waals surface area contributed by atoms with E-state index in [0.29, 0.717) is 19.1 Å². The lowest BCUT2D eigenvalue weighted by Gasteiger charge is -2.36. The smallest absolute Gasteiger partial charge is 0.257 e. The maximum Gasteiger partial charge on any atom is 0.257 e. The highest BCUT2D eigenvalue weighted by Crippen LogP contribution is 2.24. The molecule has 0 spiro atoms. The van der Waals surface area contributed by atoms with Crippen molar-refractivity contribution in [1.82, 2.24) is 24.9 Å². The first-order valence-electron chi connectivity index (χ1n) is 10.6. The third kappa shape index (κ3) is 3.80. The van der Waals surface area contributed by atoms with Crippen LogP contribution in [0, 0.1) is 13.8 Å². The summed E-state index contributed by atoms with van der Waals surface area (Å²) in [5, 5.41) is 13.4. The Morgan fingerprint density at radius 3 is 2.28 bits per heavy atom. The summed E-state index contributed by atoms with van der Waals surface area (Å²) in [5.74, 6) is 1.94. The van der Waals surface area contributed by atoms with Gasteiger partial charge in [0.2, 0.25) is 0 Å². The largest absolute Gasteiger partial charge is 0.352 e. The van der Waals surface area contributed by atoms with Crippen molar-refractivity contribution in [3.05, 3.63) is 29.1 Å². The summed E-state index contributed by atoms with van der Waals surface area (Å²) >= 11 is 0. The van der Waals surface area contributed by atoms with Crippen LogP contribution in [0.15, 0.2) is 12.1 Å². The van der Waals surface area contributed by atoms with Crippen molar-refractivity contribution in [2.45, 2.75) is 46.1 Å². The number of amides is 1. The van der Waals surface area contributed by atoms with Crippen LogP contribution in [0.4, 0.5) is 11.6 Å². The second-order valence-electron chi connectivity index (χ2n) is 8.24. The Morgan fingerprint density at radius 1 is 1.00 bits per heavy atom. The summed E-state index contributed by atoms with van der Waals surface area (Å²) in [4.78, 5) is 19.5. The highest BCUT2D eigenvalue weighted by Gasteiger charge is 2.27. The SMILES string of the molecule is Cc1nn(C)c(C)c1C(=O)N1CCN(c2ccc(N3CCCCC3C)nn2)CC1. The molecule has 4 heterocycles. The molecule has 156 valence electrons. The quantitative estimate of drug-likeness (QED) is 0.791. The lowest BCUT2D eigenvalue weighted by atomic mass is 10.0. The number of hydrogen-bond acceptors (Lipinski definition) is 6. The first-order chi connectivity index (χ1) is 14.0. The molecule has 0 N–H and O–H groups in total. The molecule has 8 nitrogen and oxygen atoms in total. The van der Waals surface area contributed by atoms with Crippen molar-refractivity contribution in [2.75, 3.05) is 42.5 Å². The lowest BCUT2D eigenvalue weighted by Crippen LogP contribution is -2.49. The first-order valence-corrected chi connectivity index (χ1v) is 10.6. The number of piperidine rings is 1. The summed E-state index contributed by atoms with van der Waals surface area (Å²) in [6, 6.07) is 4.68. The standard InChI is InChI=1S/C21H31N7O/c1-15-7-5-6-10-28(15)19-9-8-18(22-23-19)26-11-13-27(14-12-26)21(29)20-16(2)24-25(4)17(20)3/h8-9,15H,5-7,10-14H2,1-4H3. The van der Waals surface area contributed by atoms with Crippen LogP contribution in [0.2, 0.25) is 0 Å². The van der Waals surface area contributed by atoms with Crippen molar-refractivity contribution < 1.29 is 4.79 Å². The molecular weight excluding hydrogens is 366 g/mol. The van der Waals surface area contributed by atoms with E-state index >= 15 is 0 Å². The average molecular weight is 398 g/mol. The topological polar surface area (TPSA) is 70.4 Å². The van der Waals surface area contributed by atoms with Gasteiger partial charge in [-0.15, -0.1) is 10.2 Å². The summed E-state index contributed by atoms with van der Waals surface area (Å²) in [6.45, 7) is 10.1. The van der Waals surface area contributed by atoms with E-state index in [1.165, 1.54) is 19.3 Å². The molecule has 0 saturated carbocycles. The van der Waals surface area contributed by atoms with Crippen molar-refractivity contribution >= 4 is 17.5 Å². The zero-order chi connectivity index (χ0) is 20.5. The number of nitrogens with zero attached hydrogens (tertiary/aromatic N) is 7. The molecule has 29 heavy (non-hydrogen) atoms. The van der Waals surface area contributed by atoms with E-state index in [0.717, 1.165) is 48.2 Å². The van der Waals surface area contributed by atoms with E-state index in [1.807, 2.05) is 25.8 Å². The molecule has 2 saturated heterocycles. The fourth-order valence-electron chi connectivity index (χ4n) is 4.46. The molecule has 1 atom stereocenters. The Morgan fingerprint density at radius 2 is 1.69 bits per heavy atom. The zero-order valence-corrected chi connectivity index (χ0v) is 17.9. The highest BCUT2D eigenvalue weighted by molar-refractivity contribution is 5.96. The Kier molecular flexibility index (Phi) is 5.43. The first kappa shape index (κ1) is 19.7. The molecule has 1 amide bonds. The molecule has 2 aromatic rings. The van der Waals surface area contributed by atoms with E-state index in [-0.39, 0.29) is 5.91 Å². The van der Waals surface area contributed by atoms with Gasteiger partial charge in [0.05, 0.1) is 11.3 Å². The van der Waals surface area contributed by atoms with Gasteiger partial charge in [-0.05, 0) is 52.2 Å². The number of aryl methyl sites for hydroxylation is 2. The third-order valence-corrected chi connectivity index (χ3v) is 6.35. The van der Waals surface area contributed by atoms with Crippen LogP contribution in [0.1, 0.15) is 47.9 Å². The summed E-state index contributed by atoms with van der Waals surface area (Å²) in [7, 11) is 1.88. The Bertz CT molecular complexity index is 868. The van der Waals surface area contributed by atoms with Gasteiger partial charge in [-0.1, -0.05) is 0 Å². The molecule has 2 aliphatic heterocycles. The van der Waals surface area contributed by atoms with E-state index < -0.39 is 0 Å². The number of piperazine rings is 1. The fraction of sp³-hybridized carbons (Fsp3) is 0.619. The number of hydrogen-bond donors (Lipinski definition) is 0. The molecular formula is C21H31N7O. The maximum absolute atomic E-state index is 13.0. The fourth-order valence-corrected chi connectivity index (χ4v) is 4.46. The molecule has 8 heteroatoms. The zero-order valence-electron chi connectivity index (χ0n) is 17.9. The summed E-state index contributed by atoms with van der Waals surface area (Å²) in [6.07, 6.45) is 3.74. The van der Waals surface area contributed by atoms with Gasteiger partial charge >= 0.3 is 0 Å². The van der Waals surface area contributed by atoms with Crippen molar-refractivity contribution in [3.63, 3.8) is 0 Å². The summed E-state index contributed by atoms with van der Waals surface area (Å²) < 4.78 is 1.78. The number of carbonyl (C=O) groups excluding carboxylic acids is 1. The Labute approximate surface area is 172 Å². The number of anilines is 2. The molecule has 0 radical (unpaired) electrons. The normalized spacial score (nSPS) is 20.3. The van der Waals surface area contributed by atoms with E-state index in [9.17, 15) is 4.79 Å². The van der Waals surface area contributed by atoms with Gasteiger partial charge < -0.3 is 14.7 Å². The van der Waals surface area contributed by atoms with Crippen LogP contribution in [0.5, 0.6) is 0 Å². The number of aromatic nitrogens is 4. The molecule has 4 rings (SSSR count). The monoisotopic (exact) mass is 397 g/mol. The minimum absolute atomic E-state index is 0.0771. The third-order valence-electron chi connectivity index (χ3n) is 6.35. The molecule has 2 fully saturated rings. The van der Waals surface area contributed by atoms with Crippen molar-refractivity contribution in [1.29, 1.82) is 0 Å². The predicted octanol–water partition coefficient (Wildman–Crippen LogP) is 2.17. The van der Waals surface area contributed by atoms with E-state index in [1.54, 1.807) is 4.68 Å². The van der Waals surface area contributed by atoms with Crippen LogP contribution < -0.4 is 9.80 Å². The maximum atomic E-state index is 13.0. The molecule has 0 aromatic carbocycles. The summed E-state index contributed by atoms with van der Waals surface area (Å²) in [5.41, 5.74) is 2.45. The van der Waals surface area contributed by atoms with Crippen molar-refractivity contribution in [3.8, 4) is 0 Å². The Hall–Kier alpha value is -2.64. The second kappa shape index (κ2) is 8.00. The molecule has 2 aromatic heterocycles. The minimum Gasteiger partial charge on any atom is -0.352 e. The highest BCUT2D eigenvalue weighted by atomic mass is 16.2. The van der Waals surface area contributed by atoms with Gasteiger partial charge in [0.1, 0.15) is 0 Å². The van der Waals surface area contributed by atoms with Crippen molar-refractivity contribution in [2.24, 2.45) is 7.05 Å². The lowest BCUT2D eigenvalue weighted by molar-refractivity contribution is 0.0745. The van der Waals surface area contributed by atoms with Gasteiger partial charge in [0.25, 0.3) is 5.91 Å². The van der Waals surface area contributed by atoms with Gasteiger partial charge in [-0.3, -0.25) is 9.48 Å². The van der Waals surface area contributed by atoms with Gasteiger partial charge in [-0.2, -0.15) is 5.10 Å². The van der Waals surface area contributed by atoms with Crippen LogP contribution in [0.25, 0.3) is 0 Å². The van der Waals surface area contributed by atoms with Gasteiger partial charge in [0, 0.05) is 51.5 Å². The Balaban J connectivity index is 1.39. The van der Waals surface area contributed by atoms with Crippen LogP contribution in [-0.4, -0.2) is 69.6 Å². The van der Waals surface area contributed by atoms with E-state index in [2.05, 4.69) is 44.2 Å². The number of rotatable bonds is 3. The molecule has 0 bridgehead atoms. The minimum atomic E-state index is 0.0771. The van der Waals surface area contributed by atoms with Gasteiger partial charge in [0.15, 0.2) is 11.6 Å². The van der Waals surface area contributed by atoms with Crippen LogP contribution in [0.3, 0.4) is 0 Å². The number of carbonyl (C=O) groups is 1. The molecule has 0 aliphatic carbocycles. The van der Waals surface area contributed by atoms with Crippen LogP contribution >= 0.6 is 0 Å². The van der Waals surface area contributed by atoms with E-state index in [4.69, 9.17) is 0 Å². The average Bonchev–Trinajstić information content (AvgIpc) is 2.99. The van der Waals surface area contributed by atoms with Crippen LogP contribution in [-0.2, 0) is 7.05 Å².